The summed E-state index contributed by atoms with van der Waals surface area (Å²) in [6, 6.07) is -0.167. The fourth-order valence-electron chi connectivity index (χ4n) is 2.19. The Kier molecular flexibility index (Phi) is 5.18. The highest BCUT2D eigenvalue weighted by Crippen LogP contribution is 2.09. The van der Waals surface area contributed by atoms with Crippen molar-refractivity contribution < 1.29 is 9.90 Å². The van der Waals surface area contributed by atoms with Crippen molar-refractivity contribution in [1.82, 2.24) is 9.80 Å². The summed E-state index contributed by atoms with van der Waals surface area (Å²) in [4.78, 5) is 15.3. The van der Waals surface area contributed by atoms with Crippen molar-refractivity contribution in [1.29, 1.82) is 0 Å². The standard InChI is InChI=1S/C11H23N3O2/c1-3-14-7-6-13(8-9(14)2)5-4-10(12)11(15)16/h9-10H,3-8,12H2,1-2H3,(H,15,16). The Labute approximate surface area is 97.2 Å². The van der Waals surface area contributed by atoms with Gasteiger partial charge >= 0.3 is 5.97 Å². The van der Waals surface area contributed by atoms with Crippen LogP contribution in [0.25, 0.3) is 0 Å². The van der Waals surface area contributed by atoms with Crippen LogP contribution in [0.4, 0.5) is 0 Å². The third-order valence-electron chi connectivity index (χ3n) is 3.33. The lowest BCUT2D eigenvalue weighted by molar-refractivity contribution is -0.138. The van der Waals surface area contributed by atoms with Crippen LogP contribution in [-0.4, -0.2) is 65.7 Å². The highest BCUT2D eigenvalue weighted by Gasteiger charge is 2.23. The summed E-state index contributed by atoms with van der Waals surface area (Å²) >= 11 is 0. The fraction of sp³-hybridized carbons (Fsp3) is 0.909. The minimum Gasteiger partial charge on any atom is -0.480 e. The van der Waals surface area contributed by atoms with E-state index in [2.05, 4.69) is 23.6 Å². The third-order valence-corrected chi connectivity index (χ3v) is 3.33. The first-order chi connectivity index (χ1) is 7.54. The van der Waals surface area contributed by atoms with Gasteiger partial charge in [0, 0.05) is 32.2 Å². The van der Waals surface area contributed by atoms with Crippen molar-refractivity contribution in [2.45, 2.75) is 32.4 Å². The van der Waals surface area contributed by atoms with Crippen molar-refractivity contribution in [2.24, 2.45) is 5.73 Å². The Morgan fingerprint density at radius 2 is 2.25 bits per heavy atom. The Balaban J connectivity index is 2.27. The quantitative estimate of drug-likeness (QED) is 0.684. The second kappa shape index (κ2) is 6.18. The normalized spacial score (nSPS) is 25.6. The highest BCUT2D eigenvalue weighted by atomic mass is 16.4. The molecule has 1 aliphatic heterocycles. The van der Waals surface area contributed by atoms with E-state index in [1.807, 2.05) is 0 Å². The predicted molar refractivity (Wildman–Crippen MR) is 63.4 cm³/mol. The summed E-state index contributed by atoms with van der Waals surface area (Å²) in [5, 5.41) is 8.69. The van der Waals surface area contributed by atoms with Crippen LogP contribution in [0.1, 0.15) is 20.3 Å². The van der Waals surface area contributed by atoms with Gasteiger partial charge in [-0.05, 0) is 19.9 Å². The van der Waals surface area contributed by atoms with Crippen LogP contribution in [0, 0.1) is 0 Å². The van der Waals surface area contributed by atoms with Gasteiger partial charge in [-0.15, -0.1) is 0 Å². The topological polar surface area (TPSA) is 69.8 Å². The number of carbonyl (C=O) groups is 1. The van der Waals surface area contributed by atoms with E-state index in [1.165, 1.54) is 0 Å². The maximum Gasteiger partial charge on any atom is 0.320 e. The molecular weight excluding hydrogens is 206 g/mol. The van der Waals surface area contributed by atoms with Crippen molar-refractivity contribution in [3.8, 4) is 0 Å². The van der Waals surface area contributed by atoms with Crippen molar-refractivity contribution >= 4 is 5.97 Å². The van der Waals surface area contributed by atoms with Gasteiger partial charge in [0.25, 0.3) is 0 Å². The number of likely N-dealkylation sites (N-methyl/N-ethyl adjacent to an activating group) is 1. The maximum atomic E-state index is 10.6. The van der Waals surface area contributed by atoms with E-state index in [9.17, 15) is 4.79 Å². The van der Waals surface area contributed by atoms with Gasteiger partial charge in [-0.2, -0.15) is 0 Å². The number of aliphatic carboxylic acids is 1. The van der Waals surface area contributed by atoms with Gasteiger partial charge in [-0.1, -0.05) is 6.92 Å². The molecule has 1 saturated heterocycles. The van der Waals surface area contributed by atoms with Crippen LogP contribution in [0.5, 0.6) is 0 Å². The number of hydrogen-bond acceptors (Lipinski definition) is 4. The second-order valence-corrected chi connectivity index (χ2v) is 4.51. The zero-order valence-electron chi connectivity index (χ0n) is 10.2. The average molecular weight is 229 g/mol. The van der Waals surface area contributed by atoms with Gasteiger partial charge < -0.3 is 15.7 Å². The summed E-state index contributed by atoms with van der Waals surface area (Å²) in [5.74, 6) is -0.903. The van der Waals surface area contributed by atoms with Crippen molar-refractivity contribution in [2.75, 3.05) is 32.7 Å². The molecule has 1 fully saturated rings. The van der Waals surface area contributed by atoms with Gasteiger partial charge in [-0.25, -0.2) is 0 Å². The summed E-state index contributed by atoms with van der Waals surface area (Å²) in [6.07, 6.45) is 0.536. The first kappa shape index (κ1) is 13.4. The van der Waals surface area contributed by atoms with Gasteiger partial charge in [0.15, 0.2) is 0 Å². The van der Waals surface area contributed by atoms with Gasteiger partial charge in [0.05, 0.1) is 0 Å². The zero-order chi connectivity index (χ0) is 12.1. The predicted octanol–water partition coefficient (Wildman–Crippen LogP) is -0.186. The zero-order valence-corrected chi connectivity index (χ0v) is 10.2. The largest absolute Gasteiger partial charge is 0.480 e. The minimum absolute atomic E-state index is 0.536. The number of carboxylic acid groups (broad SMARTS) is 1. The molecule has 3 N–H and O–H groups in total. The molecule has 1 heterocycles. The molecule has 94 valence electrons. The molecule has 1 rings (SSSR count). The van der Waals surface area contributed by atoms with E-state index in [0.29, 0.717) is 12.5 Å². The van der Waals surface area contributed by atoms with E-state index >= 15 is 0 Å². The van der Waals surface area contributed by atoms with E-state index in [-0.39, 0.29) is 0 Å². The molecule has 0 saturated carbocycles. The number of piperazine rings is 1. The molecule has 0 bridgehead atoms. The Hall–Kier alpha value is -0.650. The first-order valence-electron chi connectivity index (χ1n) is 5.99. The fourth-order valence-corrected chi connectivity index (χ4v) is 2.19. The number of hydrogen-bond donors (Lipinski definition) is 2. The molecule has 0 aromatic heterocycles. The number of carboxylic acids is 1. The molecule has 5 heteroatoms. The van der Waals surface area contributed by atoms with E-state index in [4.69, 9.17) is 10.8 Å². The maximum absolute atomic E-state index is 10.6. The first-order valence-corrected chi connectivity index (χ1v) is 5.99. The number of nitrogens with two attached hydrogens (primary N) is 1. The summed E-state index contributed by atoms with van der Waals surface area (Å²) < 4.78 is 0. The summed E-state index contributed by atoms with van der Waals surface area (Å²) in [6.45, 7) is 9.36. The molecule has 2 unspecified atom stereocenters. The lowest BCUT2D eigenvalue weighted by atomic mass is 10.1. The SMILES string of the molecule is CCN1CCN(CCC(N)C(=O)O)CC1C. The molecule has 0 aliphatic carbocycles. The van der Waals surface area contributed by atoms with Gasteiger partial charge in [-0.3, -0.25) is 9.69 Å². The van der Waals surface area contributed by atoms with Crippen molar-refractivity contribution in [3.63, 3.8) is 0 Å². The lowest BCUT2D eigenvalue weighted by Crippen LogP contribution is -2.52. The van der Waals surface area contributed by atoms with Gasteiger partial charge in [0.2, 0.25) is 0 Å². The average Bonchev–Trinajstić information content (AvgIpc) is 2.25. The van der Waals surface area contributed by atoms with E-state index < -0.39 is 12.0 Å². The molecule has 0 aromatic carbocycles. The molecule has 1 aliphatic rings. The van der Waals surface area contributed by atoms with Crippen LogP contribution in [0.2, 0.25) is 0 Å². The summed E-state index contributed by atoms with van der Waals surface area (Å²) in [7, 11) is 0. The van der Waals surface area contributed by atoms with E-state index in [1.54, 1.807) is 0 Å². The monoisotopic (exact) mass is 229 g/mol. The Bertz CT molecular complexity index is 235. The molecule has 2 atom stereocenters. The van der Waals surface area contributed by atoms with Crippen LogP contribution >= 0.6 is 0 Å². The second-order valence-electron chi connectivity index (χ2n) is 4.51. The molecular formula is C11H23N3O2. The Morgan fingerprint density at radius 1 is 1.56 bits per heavy atom. The smallest absolute Gasteiger partial charge is 0.320 e. The summed E-state index contributed by atoms with van der Waals surface area (Å²) in [5.41, 5.74) is 5.49. The highest BCUT2D eigenvalue weighted by molar-refractivity contribution is 5.72. The Morgan fingerprint density at radius 3 is 2.75 bits per heavy atom. The number of nitrogens with zero attached hydrogens (tertiary/aromatic N) is 2. The third kappa shape index (κ3) is 3.73. The lowest BCUT2D eigenvalue weighted by Gasteiger charge is -2.39. The minimum atomic E-state index is -0.903. The van der Waals surface area contributed by atoms with Crippen LogP contribution < -0.4 is 5.73 Å². The van der Waals surface area contributed by atoms with Crippen LogP contribution in [0.15, 0.2) is 0 Å². The van der Waals surface area contributed by atoms with E-state index in [0.717, 1.165) is 32.7 Å². The molecule has 0 amide bonds. The van der Waals surface area contributed by atoms with Crippen LogP contribution in [-0.2, 0) is 4.79 Å². The molecule has 16 heavy (non-hydrogen) atoms. The molecule has 0 radical (unpaired) electrons. The van der Waals surface area contributed by atoms with Crippen LogP contribution in [0.3, 0.4) is 0 Å². The van der Waals surface area contributed by atoms with Crippen molar-refractivity contribution in [3.05, 3.63) is 0 Å². The molecule has 0 spiro atoms. The number of rotatable bonds is 5. The molecule has 0 aromatic rings. The van der Waals surface area contributed by atoms with Gasteiger partial charge in [0.1, 0.15) is 6.04 Å². The molecule has 5 nitrogen and oxygen atoms in total.